The molecule has 0 unspecified atom stereocenters. The minimum Gasteiger partial charge on any atom is -0.317 e. The first-order valence-corrected chi connectivity index (χ1v) is 7.95. The van der Waals surface area contributed by atoms with E-state index in [1.54, 1.807) is 0 Å². The second-order valence-electron chi connectivity index (χ2n) is 4.25. The van der Waals surface area contributed by atoms with Crippen LogP contribution >= 0.6 is 10.0 Å². The van der Waals surface area contributed by atoms with Crippen molar-refractivity contribution in [1.82, 2.24) is 5.32 Å². The highest BCUT2D eigenvalue weighted by atomic mass is 32.3. The maximum Gasteiger partial charge on any atom is -0.00416 e. The Kier molecular flexibility index (Phi) is 6.96. The van der Waals surface area contributed by atoms with E-state index in [0.717, 1.165) is 0 Å². The molecule has 0 saturated heterocycles. The average molecular weight is 191 g/mol. The molecule has 0 aliphatic rings. The molecular formula is C10H25NS. The molecule has 12 heavy (non-hydrogen) atoms. The van der Waals surface area contributed by atoms with Gasteiger partial charge in [-0.3, -0.25) is 0 Å². The van der Waals surface area contributed by atoms with Crippen molar-refractivity contribution in [2.45, 2.75) is 26.2 Å². The molecule has 0 heterocycles. The van der Waals surface area contributed by atoms with Gasteiger partial charge in [-0.15, -0.1) is 0 Å². The Balaban J connectivity index is 3.01. The van der Waals surface area contributed by atoms with Crippen LogP contribution in [0.3, 0.4) is 0 Å². The van der Waals surface area contributed by atoms with Crippen LogP contribution < -0.4 is 5.32 Å². The van der Waals surface area contributed by atoms with Crippen LogP contribution in [0, 0.1) is 0 Å². The lowest BCUT2D eigenvalue weighted by Gasteiger charge is -2.24. The van der Waals surface area contributed by atoms with Crippen molar-refractivity contribution in [2.24, 2.45) is 0 Å². The molecule has 0 aromatic carbocycles. The average Bonchev–Trinajstić information content (AvgIpc) is 1.94. The quantitative estimate of drug-likeness (QED) is 0.610. The van der Waals surface area contributed by atoms with Crippen molar-refractivity contribution in [3.63, 3.8) is 0 Å². The highest BCUT2D eigenvalue weighted by Gasteiger charge is 2.01. The van der Waals surface area contributed by atoms with Gasteiger partial charge >= 0.3 is 0 Å². The van der Waals surface area contributed by atoms with E-state index < -0.39 is 0 Å². The minimum absolute atomic E-state index is 0.257. The summed E-state index contributed by atoms with van der Waals surface area (Å²) < 4.78 is 0. The monoisotopic (exact) mass is 191 g/mol. The molecule has 1 nitrogen and oxygen atoms in total. The minimum atomic E-state index is -0.257. The van der Waals surface area contributed by atoms with E-state index in [-0.39, 0.29) is 10.0 Å². The van der Waals surface area contributed by atoms with Crippen molar-refractivity contribution >= 4 is 10.0 Å². The van der Waals surface area contributed by atoms with E-state index in [1.165, 1.54) is 38.1 Å². The molecule has 1 N–H and O–H groups in total. The summed E-state index contributed by atoms with van der Waals surface area (Å²) in [5.41, 5.74) is 0. The highest BCUT2D eigenvalue weighted by Crippen LogP contribution is 2.34. The van der Waals surface area contributed by atoms with Gasteiger partial charge in [0.1, 0.15) is 0 Å². The molecule has 0 bridgehead atoms. The zero-order valence-electron chi connectivity index (χ0n) is 9.15. The summed E-state index contributed by atoms with van der Waals surface area (Å²) >= 11 is 0. The van der Waals surface area contributed by atoms with Gasteiger partial charge in [0.15, 0.2) is 0 Å². The van der Waals surface area contributed by atoms with Gasteiger partial charge in [-0.25, -0.2) is 10.0 Å². The summed E-state index contributed by atoms with van der Waals surface area (Å²) in [4.78, 5) is 0. The summed E-state index contributed by atoms with van der Waals surface area (Å²) in [6.45, 7) is 4.65. The second kappa shape index (κ2) is 6.79. The third kappa shape index (κ3) is 10.3. The van der Waals surface area contributed by atoms with Crippen LogP contribution in [0.5, 0.6) is 0 Å². The maximum absolute atomic E-state index is 3.47. The zero-order chi connectivity index (χ0) is 9.45. The van der Waals surface area contributed by atoms with Gasteiger partial charge in [0.25, 0.3) is 0 Å². The smallest absolute Gasteiger partial charge is 0.00416 e. The van der Waals surface area contributed by atoms with Gasteiger partial charge in [0.05, 0.1) is 0 Å². The molecule has 0 aliphatic heterocycles. The van der Waals surface area contributed by atoms with Gasteiger partial charge in [0, 0.05) is 0 Å². The Bertz CT molecular complexity index is 96.5. The number of hydrogen-bond donors (Lipinski definition) is 1. The molecular weight excluding hydrogens is 166 g/mol. The normalized spacial score (nSPS) is 13.3. The van der Waals surface area contributed by atoms with Crippen molar-refractivity contribution in [3.8, 4) is 0 Å². The molecule has 2 heteroatoms. The van der Waals surface area contributed by atoms with E-state index in [0.29, 0.717) is 0 Å². The topological polar surface area (TPSA) is 12.0 Å². The van der Waals surface area contributed by atoms with E-state index >= 15 is 0 Å². The Morgan fingerprint density at radius 3 is 2.08 bits per heavy atom. The molecule has 0 fully saturated rings. The van der Waals surface area contributed by atoms with Gasteiger partial charge in [-0.05, 0) is 50.5 Å². The zero-order valence-corrected chi connectivity index (χ0v) is 9.97. The molecule has 0 spiro atoms. The van der Waals surface area contributed by atoms with E-state index in [1.807, 2.05) is 0 Å². The molecule has 0 aliphatic carbocycles. The standard InChI is InChI=1S/C10H25NS/c1-5-6-8-11-9-7-10-12(2,3)4/h11H,5-10H2,1-4H3. The first-order chi connectivity index (χ1) is 5.56. The molecule has 76 valence electrons. The first-order valence-electron chi connectivity index (χ1n) is 4.93. The molecule has 0 rings (SSSR count). The summed E-state index contributed by atoms with van der Waals surface area (Å²) in [6, 6.07) is 0. The van der Waals surface area contributed by atoms with Crippen LogP contribution in [-0.4, -0.2) is 37.6 Å². The summed E-state index contributed by atoms with van der Waals surface area (Å²) in [7, 11) is -0.257. The van der Waals surface area contributed by atoms with Crippen molar-refractivity contribution < 1.29 is 0 Å². The number of hydrogen-bond acceptors (Lipinski definition) is 1. The van der Waals surface area contributed by atoms with Gasteiger partial charge in [-0.2, -0.15) is 0 Å². The molecule has 0 aromatic heterocycles. The van der Waals surface area contributed by atoms with Crippen LogP contribution in [0.4, 0.5) is 0 Å². The van der Waals surface area contributed by atoms with Gasteiger partial charge < -0.3 is 5.32 Å². The van der Waals surface area contributed by atoms with Crippen LogP contribution in [0.2, 0.25) is 0 Å². The fraction of sp³-hybridized carbons (Fsp3) is 1.00. The summed E-state index contributed by atoms with van der Waals surface area (Å²) in [6.07, 6.45) is 11.1. The largest absolute Gasteiger partial charge is 0.317 e. The summed E-state index contributed by atoms with van der Waals surface area (Å²) in [5, 5.41) is 3.47. The molecule has 0 amide bonds. The molecule has 0 saturated carbocycles. The molecule has 0 atom stereocenters. The third-order valence-corrected chi connectivity index (χ3v) is 3.33. The van der Waals surface area contributed by atoms with Crippen molar-refractivity contribution in [3.05, 3.63) is 0 Å². The SMILES string of the molecule is CCCCNCCCS(C)(C)C. The van der Waals surface area contributed by atoms with E-state index in [4.69, 9.17) is 0 Å². The Morgan fingerprint density at radius 1 is 1.00 bits per heavy atom. The predicted octanol–water partition coefficient (Wildman–Crippen LogP) is 2.46. The Labute approximate surface area is 79.6 Å². The van der Waals surface area contributed by atoms with E-state index in [2.05, 4.69) is 31.0 Å². The fourth-order valence-electron chi connectivity index (χ4n) is 1.06. The number of unbranched alkanes of at least 4 members (excludes halogenated alkanes) is 1. The Hall–Kier alpha value is 0.310. The molecule has 0 radical (unpaired) electrons. The Morgan fingerprint density at radius 2 is 1.58 bits per heavy atom. The lowest BCUT2D eigenvalue weighted by atomic mass is 10.3. The van der Waals surface area contributed by atoms with E-state index in [9.17, 15) is 0 Å². The fourth-order valence-corrected chi connectivity index (χ4v) is 2.07. The maximum atomic E-state index is 3.47. The lowest BCUT2D eigenvalue weighted by molar-refractivity contribution is 0.634. The summed E-state index contributed by atoms with van der Waals surface area (Å²) in [5.74, 6) is 1.41. The van der Waals surface area contributed by atoms with Crippen LogP contribution in [0.15, 0.2) is 0 Å². The van der Waals surface area contributed by atoms with Crippen molar-refractivity contribution in [1.29, 1.82) is 0 Å². The first kappa shape index (κ1) is 12.3. The van der Waals surface area contributed by atoms with Gasteiger partial charge in [-0.1, -0.05) is 13.3 Å². The lowest BCUT2D eigenvalue weighted by Crippen LogP contribution is -2.18. The number of nitrogens with one attached hydrogen (secondary N) is 1. The van der Waals surface area contributed by atoms with Crippen molar-refractivity contribution in [2.75, 3.05) is 37.6 Å². The number of rotatable bonds is 7. The van der Waals surface area contributed by atoms with Crippen LogP contribution in [0.25, 0.3) is 0 Å². The van der Waals surface area contributed by atoms with Gasteiger partial charge in [0.2, 0.25) is 0 Å². The highest BCUT2D eigenvalue weighted by molar-refractivity contribution is 8.32. The molecule has 0 aromatic rings. The van der Waals surface area contributed by atoms with Crippen LogP contribution in [0.1, 0.15) is 26.2 Å². The van der Waals surface area contributed by atoms with Crippen LogP contribution in [-0.2, 0) is 0 Å². The second-order valence-corrected chi connectivity index (χ2v) is 8.84. The predicted molar refractivity (Wildman–Crippen MR) is 62.6 cm³/mol. The third-order valence-electron chi connectivity index (χ3n) is 1.82.